The van der Waals surface area contributed by atoms with Crippen molar-refractivity contribution in [3.8, 4) is 0 Å². The lowest BCUT2D eigenvalue weighted by molar-refractivity contribution is -0.121. The lowest BCUT2D eigenvalue weighted by Gasteiger charge is -2.23. The molecule has 2 unspecified atom stereocenters. The Balaban J connectivity index is 4.31. The average molecular weight is 312 g/mol. The standard InChI is InChI=1S/C17H32N2O3/c1-6-15(9-14(2)21)12-19(5)13-17(22)10-16(7-8-20)11-18(3)4/h8,15-16H,6-7,9-13H2,1-5H3. The van der Waals surface area contributed by atoms with Gasteiger partial charge in [0.25, 0.3) is 0 Å². The fourth-order valence-electron chi connectivity index (χ4n) is 2.81. The van der Waals surface area contributed by atoms with Gasteiger partial charge in [0.1, 0.15) is 17.9 Å². The zero-order valence-corrected chi connectivity index (χ0v) is 14.8. The molecule has 0 aliphatic carbocycles. The molecule has 0 spiro atoms. The molecule has 0 rings (SSSR count). The number of hydrogen-bond donors (Lipinski definition) is 0. The smallest absolute Gasteiger partial charge is 0.147 e. The number of aldehydes is 1. The molecule has 22 heavy (non-hydrogen) atoms. The maximum Gasteiger partial charge on any atom is 0.147 e. The van der Waals surface area contributed by atoms with Crippen molar-refractivity contribution in [3.63, 3.8) is 0 Å². The Kier molecular flexibility index (Phi) is 10.9. The van der Waals surface area contributed by atoms with E-state index in [1.807, 2.05) is 30.9 Å². The van der Waals surface area contributed by atoms with Crippen LogP contribution in [0.3, 0.4) is 0 Å². The minimum Gasteiger partial charge on any atom is -0.309 e. The van der Waals surface area contributed by atoms with E-state index in [1.165, 1.54) is 0 Å². The van der Waals surface area contributed by atoms with E-state index in [-0.39, 0.29) is 17.5 Å². The second-order valence-corrected chi connectivity index (χ2v) is 6.65. The van der Waals surface area contributed by atoms with Crippen molar-refractivity contribution in [2.24, 2.45) is 11.8 Å². The molecular formula is C17H32N2O3. The fraction of sp³-hybridized carbons (Fsp3) is 0.824. The van der Waals surface area contributed by atoms with E-state index >= 15 is 0 Å². The second-order valence-electron chi connectivity index (χ2n) is 6.65. The Bertz CT molecular complexity index is 356. The molecule has 0 amide bonds. The summed E-state index contributed by atoms with van der Waals surface area (Å²) in [6.07, 6.45) is 3.27. The normalized spacial score (nSPS) is 14.1. The maximum absolute atomic E-state index is 12.2. The molecule has 0 radical (unpaired) electrons. The molecule has 0 N–H and O–H groups in total. The fourth-order valence-corrected chi connectivity index (χ4v) is 2.81. The van der Waals surface area contributed by atoms with Crippen LogP contribution in [0.2, 0.25) is 0 Å². The topological polar surface area (TPSA) is 57.7 Å². The van der Waals surface area contributed by atoms with Crippen LogP contribution in [0.4, 0.5) is 0 Å². The first-order valence-electron chi connectivity index (χ1n) is 8.06. The van der Waals surface area contributed by atoms with Crippen molar-refractivity contribution >= 4 is 17.9 Å². The molecule has 0 saturated carbocycles. The van der Waals surface area contributed by atoms with Crippen LogP contribution in [-0.2, 0) is 14.4 Å². The van der Waals surface area contributed by atoms with Gasteiger partial charge in [0.2, 0.25) is 0 Å². The molecule has 0 aliphatic rings. The molecule has 2 atom stereocenters. The van der Waals surface area contributed by atoms with Gasteiger partial charge in [0.15, 0.2) is 0 Å². The van der Waals surface area contributed by atoms with Crippen molar-refractivity contribution in [1.82, 2.24) is 9.80 Å². The Morgan fingerprint density at radius 2 is 1.68 bits per heavy atom. The molecule has 5 heteroatoms. The SMILES string of the molecule is CCC(CC(C)=O)CN(C)CC(=O)CC(CC=O)CN(C)C. The number of likely N-dealkylation sites (N-methyl/N-ethyl adjacent to an activating group) is 1. The van der Waals surface area contributed by atoms with Gasteiger partial charge in [-0.2, -0.15) is 0 Å². The van der Waals surface area contributed by atoms with E-state index in [0.29, 0.717) is 31.7 Å². The first-order chi connectivity index (χ1) is 10.3. The molecular weight excluding hydrogens is 280 g/mol. The Morgan fingerprint density at radius 3 is 2.14 bits per heavy atom. The molecule has 0 saturated heterocycles. The van der Waals surface area contributed by atoms with Crippen molar-refractivity contribution in [1.29, 1.82) is 0 Å². The number of rotatable bonds is 13. The van der Waals surface area contributed by atoms with Crippen LogP contribution in [0.5, 0.6) is 0 Å². The quantitative estimate of drug-likeness (QED) is 0.484. The third kappa shape index (κ3) is 10.6. The van der Waals surface area contributed by atoms with Gasteiger partial charge < -0.3 is 14.5 Å². The van der Waals surface area contributed by atoms with E-state index in [9.17, 15) is 14.4 Å². The Labute approximate surface area is 135 Å². The summed E-state index contributed by atoms with van der Waals surface area (Å²) in [5.41, 5.74) is 0. The largest absolute Gasteiger partial charge is 0.309 e. The highest BCUT2D eigenvalue weighted by Gasteiger charge is 2.18. The summed E-state index contributed by atoms with van der Waals surface area (Å²) in [6, 6.07) is 0. The van der Waals surface area contributed by atoms with Crippen molar-refractivity contribution in [3.05, 3.63) is 0 Å². The third-order valence-electron chi connectivity index (χ3n) is 3.74. The van der Waals surface area contributed by atoms with E-state index in [1.54, 1.807) is 6.92 Å². The molecule has 5 nitrogen and oxygen atoms in total. The van der Waals surface area contributed by atoms with Crippen molar-refractivity contribution < 1.29 is 14.4 Å². The summed E-state index contributed by atoms with van der Waals surface area (Å²) in [5, 5.41) is 0. The highest BCUT2D eigenvalue weighted by Crippen LogP contribution is 2.12. The summed E-state index contributed by atoms with van der Waals surface area (Å²) in [5.74, 6) is 0.757. The van der Waals surface area contributed by atoms with Gasteiger partial charge in [-0.25, -0.2) is 0 Å². The van der Waals surface area contributed by atoms with E-state index in [4.69, 9.17) is 0 Å². The second kappa shape index (κ2) is 11.5. The van der Waals surface area contributed by atoms with Gasteiger partial charge in [-0.15, -0.1) is 0 Å². The van der Waals surface area contributed by atoms with Gasteiger partial charge in [-0.05, 0) is 39.9 Å². The lowest BCUT2D eigenvalue weighted by atomic mass is 9.97. The van der Waals surface area contributed by atoms with E-state index < -0.39 is 0 Å². The number of nitrogens with zero attached hydrogens (tertiary/aromatic N) is 2. The Hall–Kier alpha value is -1.07. The number of carbonyl (C=O) groups excluding carboxylic acids is 3. The van der Waals surface area contributed by atoms with Crippen LogP contribution in [0.15, 0.2) is 0 Å². The first-order valence-corrected chi connectivity index (χ1v) is 8.06. The average Bonchev–Trinajstić information content (AvgIpc) is 2.36. The zero-order chi connectivity index (χ0) is 17.1. The maximum atomic E-state index is 12.2. The summed E-state index contributed by atoms with van der Waals surface area (Å²) in [7, 11) is 5.81. The van der Waals surface area contributed by atoms with Gasteiger partial charge in [0, 0.05) is 32.4 Å². The van der Waals surface area contributed by atoms with Crippen molar-refractivity contribution in [2.75, 3.05) is 40.8 Å². The summed E-state index contributed by atoms with van der Waals surface area (Å²) < 4.78 is 0. The van der Waals surface area contributed by atoms with E-state index in [2.05, 4.69) is 6.92 Å². The minimum absolute atomic E-state index is 0.0904. The van der Waals surface area contributed by atoms with Crippen LogP contribution in [-0.4, -0.2) is 68.4 Å². The summed E-state index contributed by atoms with van der Waals surface area (Å²) >= 11 is 0. The van der Waals surface area contributed by atoms with Crippen LogP contribution in [0.25, 0.3) is 0 Å². The van der Waals surface area contributed by atoms with Gasteiger partial charge in [0.05, 0.1) is 6.54 Å². The molecule has 0 heterocycles. The molecule has 0 bridgehead atoms. The molecule has 0 aromatic carbocycles. The lowest BCUT2D eigenvalue weighted by Crippen LogP contribution is -2.33. The number of Topliss-reactive ketones (excluding diaryl/α,β-unsaturated/α-hetero) is 2. The number of ketones is 2. The van der Waals surface area contributed by atoms with Crippen LogP contribution < -0.4 is 0 Å². The molecule has 0 aromatic heterocycles. The van der Waals surface area contributed by atoms with E-state index in [0.717, 1.165) is 25.8 Å². The predicted octanol–water partition coefficient (Wildman–Crippen LogP) is 1.65. The van der Waals surface area contributed by atoms with Crippen molar-refractivity contribution in [2.45, 2.75) is 39.5 Å². The number of hydrogen-bond acceptors (Lipinski definition) is 5. The van der Waals surface area contributed by atoms with Gasteiger partial charge >= 0.3 is 0 Å². The minimum atomic E-state index is 0.0904. The van der Waals surface area contributed by atoms with Crippen LogP contribution in [0.1, 0.15) is 39.5 Å². The third-order valence-corrected chi connectivity index (χ3v) is 3.74. The molecule has 128 valence electrons. The zero-order valence-electron chi connectivity index (χ0n) is 14.8. The van der Waals surface area contributed by atoms with Gasteiger partial charge in [-0.3, -0.25) is 9.69 Å². The molecule has 0 fully saturated rings. The summed E-state index contributed by atoms with van der Waals surface area (Å²) in [4.78, 5) is 38.1. The monoisotopic (exact) mass is 312 g/mol. The van der Waals surface area contributed by atoms with Crippen LogP contribution in [0, 0.1) is 11.8 Å². The highest BCUT2D eigenvalue weighted by atomic mass is 16.1. The van der Waals surface area contributed by atoms with Gasteiger partial charge in [-0.1, -0.05) is 13.3 Å². The van der Waals surface area contributed by atoms with Crippen LogP contribution >= 0.6 is 0 Å². The Morgan fingerprint density at radius 1 is 1.05 bits per heavy atom. The molecule has 0 aromatic rings. The summed E-state index contributed by atoms with van der Waals surface area (Å²) in [6.45, 7) is 5.57. The molecule has 0 aliphatic heterocycles. The predicted molar refractivity (Wildman–Crippen MR) is 88.9 cm³/mol. The number of carbonyl (C=O) groups is 3. The highest BCUT2D eigenvalue weighted by molar-refractivity contribution is 5.81. The first kappa shape index (κ1) is 20.9.